The van der Waals surface area contributed by atoms with Gasteiger partial charge >= 0.3 is 36.0 Å². The fraction of sp³-hybridized carbons (Fsp3) is 0.102. The van der Waals surface area contributed by atoms with Crippen molar-refractivity contribution in [1.29, 1.82) is 0 Å². The van der Waals surface area contributed by atoms with Crippen LogP contribution in [0.2, 0.25) is 0 Å². The maximum absolute atomic E-state index is 12.9. The van der Waals surface area contributed by atoms with Crippen molar-refractivity contribution >= 4 is 42.1 Å². The van der Waals surface area contributed by atoms with Gasteiger partial charge in [-0.2, -0.15) is 0 Å². The van der Waals surface area contributed by atoms with Gasteiger partial charge in [-0.1, -0.05) is 62.1 Å². The molecule has 0 aliphatic heterocycles. The average molecular weight is 819 g/mol. The van der Waals surface area contributed by atoms with Crippen LogP contribution in [0.25, 0.3) is 6.08 Å². The van der Waals surface area contributed by atoms with E-state index in [9.17, 15) is 28.8 Å². The zero-order valence-electron chi connectivity index (χ0n) is 33.9. The predicted molar refractivity (Wildman–Crippen MR) is 225 cm³/mol. The summed E-state index contributed by atoms with van der Waals surface area (Å²) in [7, 11) is 0. The second kappa shape index (κ2) is 20.8. The van der Waals surface area contributed by atoms with E-state index in [1.54, 1.807) is 68.5 Å². The minimum Gasteiger partial charge on any atom is -0.428 e. The van der Waals surface area contributed by atoms with Crippen LogP contribution >= 0.6 is 0 Å². The molecule has 0 N–H and O–H groups in total. The normalized spacial score (nSPS) is 10.2. The molecule has 61 heavy (non-hydrogen) atoms. The lowest BCUT2D eigenvalue weighted by Crippen LogP contribution is -2.17. The van der Waals surface area contributed by atoms with Crippen molar-refractivity contribution in [3.8, 4) is 46.7 Å². The molecule has 0 radical (unpaired) electrons. The smallest absolute Gasteiger partial charge is 0.428 e. The van der Waals surface area contributed by atoms with E-state index in [-0.39, 0.29) is 56.2 Å². The lowest BCUT2D eigenvalue weighted by molar-refractivity contribution is -0.134. The highest BCUT2D eigenvalue weighted by molar-refractivity contribution is 5.94. The number of hydrogen-bond acceptors (Lipinski definition) is 12. The Morgan fingerprint density at radius 1 is 0.475 bits per heavy atom. The van der Waals surface area contributed by atoms with Gasteiger partial charge in [-0.15, -0.1) is 0 Å². The van der Waals surface area contributed by atoms with Gasteiger partial charge in [-0.3, -0.25) is 0 Å². The summed E-state index contributed by atoms with van der Waals surface area (Å²) >= 11 is 0. The number of esters is 5. The Hall–Kier alpha value is -8.48. The van der Waals surface area contributed by atoms with Crippen LogP contribution < -0.4 is 18.9 Å². The zero-order valence-corrected chi connectivity index (χ0v) is 33.9. The summed E-state index contributed by atoms with van der Waals surface area (Å²) in [6.07, 6.45) is 0.217. The molecule has 0 aromatic heterocycles. The van der Waals surface area contributed by atoms with Crippen LogP contribution in [0.5, 0.6) is 23.0 Å². The van der Waals surface area contributed by atoms with E-state index in [4.69, 9.17) is 28.4 Å². The SMILES string of the molecule is C=C(C)C(=O)OC(=O)Oc1cc(C#Cc2ccc(C(=O)OC(C)=Cc3ccc(OC(=O)C(=C)C)cc3)cc2)cc(OC(=O)C(=C)C)c1C#Cc1ccc(OC(=O)C(=C)C)cc1. The fourth-order valence-corrected chi connectivity index (χ4v) is 4.47. The maximum atomic E-state index is 12.9. The second-order valence-electron chi connectivity index (χ2n) is 13.2. The lowest BCUT2D eigenvalue weighted by Gasteiger charge is -2.12. The molecule has 0 spiro atoms. The summed E-state index contributed by atoms with van der Waals surface area (Å²) in [6, 6.07) is 21.6. The standard InChI is InChI=1S/C49H38O12/c1-29(2)44(50)57-39-21-14-35(15-22-39)18-25-41-42(59-46(52)31(5)6)27-37(28-43(41)60-49(55)61-47(53)32(7)8)11-10-34-12-19-38(20-13-34)48(54)56-33(9)26-36-16-23-40(24-17-36)58-45(51)30(3)4/h12-17,19-24,26-28H,1,3,5,7H2,2,4,6,8-9H3. The molecule has 0 fully saturated rings. The van der Waals surface area contributed by atoms with Crippen LogP contribution in [0.1, 0.15) is 72.8 Å². The topological polar surface area (TPSA) is 158 Å². The van der Waals surface area contributed by atoms with E-state index < -0.39 is 36.0 Å². The Labute approximate surface area is 352 Å². The van der Waals surface area contributed by atoms with Gasteiger partial charge in [0.25, 0.3) is 0 Å². The third-order valence-electron chi connectivity index (χ3n) is 7.61. The first-order chi connectivity index (χ1) is 28.9. The van der Waals surface area contributed by atoms with Gasteiger partial charge in [0.15, 0.2) is 11.5 Å². The largest absolute Gasteiger partial charge is 0.522 e. The second-order valence-corrected chi connectivity index (χ2v) is 13.2. The molecule has 12 heteroatoms. The number of carbonyl (C=O) groups excluding carboxylic acids is 6. The highest BCUT2D eigenvalue weighted by Crippen LogP contribution is 2.32. The van der Waals surface area contributed by atoms with Crippen LogP contribution in [-0.2, 0) is 28.7 Å². The van der Waals surface area contributed by atoms with Crippen LogP contribution in [0.3, 0.4) is 0 Å². The molecule has 0 saturated heterocycles. The Balaban J connectivity index is 1.63. The molecule has 0 unspecified atom stereocenters. The van der Waals surface area contributed by atoms with Crippen molar-refractivity contribution in [2.24, 2.45) is 0 Å². The Morgan fingerprint density at radius 3 is 1.41 bits per heavy atom. The van der Waals surface area contributed by atoms with E-state index in [0.29, 0.717) is 28.2 Å². The molecule has 4 aromatic carbocycles. The lowest BCUT2D eigenvalue weighted by atomic mass is 10.1. The Kier molecular flexibility index (Phi) is 15.4. The molecular weight excluding hydrogens is 781 g/mol. The van der Waals surface area contributed by atoms with E-state index >= 15 is 0 Å². The number of allylic oxidation sites excluding steroid dienone is 1. The number of carbonyl (C=O) groups is 6. The summed E-state index contributed by atoms with van der Waals surface area (Å²) in [5, 5.41) is 0. The minimum atomic E-state index is -1.42. The van der Waals surface area contributed by atoms with Crippen molar-refractivity contribution in [2.75, 3.05) is 0 Å². The Bertz CT molecular complexity index is 2640. The summed E-state index contributed by atoms with van der Waals surface area (Å²) in [5.41, 5.74) is 2.38. The first-order valence-corrected chi connectivity index (χ1v) is 18.0. The van der Waals surface area contributed by atoms with Gasteiger partial charge in [0.1, 0.15) is 22.8 Å². The summed E-state index contributed by atoms with van der Waals surface area (Å²) in [6.45, 7) is 21.6. The van der Waals surface area contributed by atoms with Crippen molar-refractivity contribution in [1.82, 2.24) is 0 Å². The summed E-state index contributed by atoms with van der Waals surface area (Å²) < 4.78 is 31.6. The van der Waals surface area contributed by atoms with E-state index in [2.05, 4.69) is 50.0 Å². The van der Waals surface area contributed by atoms with Gasteiger partial charge in [0, 0.05) is 39.0 Å². The third-order valence-corrected chi connectivity index (χ3v) is 7.61. The molecule has 0 aliphatic carbocycles. The molecule has 0 saturated carbocycles. The van der Waals surface area contributed by atoms with Gasteiger partial charge in [0.2, 0.25) is 0 Å². The first kappa shape index (κ1) is 45.2. The maximum Gasteiger partial charge on any atom is 0.522 e. The quantitative estimate of drug-likeness (QED) is 0.0270. The van der Waals surface area contributed by atoms with E-state index in [0.717, 1.165) is 0 Å². The molecular formula is C49H38O12. The third kappa shape index (κ3) is 13.8. The molecule has 4 aromatic rings. The van der Waals surface area contributed by atoms with Gasteiger partial charge in [0.05, 0.1) is 5.56 Å². The summed E-state index contributed by atoms with van der Waals surface area (Å²) in [5.74, 6) is 8.36. The summed E-state index contributed by atoms with van der Waals surface area (Å²) in [4.78, 5) is 74.2. The van der Waals surface area contributed by atoms with Crippen LogP contribution in [-0.4, -0.2) is 36.0 Å². The first-order valence-electron chi connectivity index (χ1n) is 18.0. The van der Waals surface area contributed by atoms with Crippen molar-refractivity contribution in [3.05, 3.63) is 173 Å². The zero-order chi connectivity index (χ0) is 44.8. The van der Waals surface area contributed by atoms with Gasteiger partial charge in [-0.05, 0) is 119 Å². The molecule has 0 atom stereocenters. The average Bonchev–Trinajstić information content (AvgIpc) is 3.20. The Morgan fingerprint density at radius 2 is 0.902 bits per heavy atom. The number of hydrogen-bond donors (Lipinski definition) is 0. The molecule has 4 rings (SSSR count). The molecule has 0 aliphatic rings. The molecule has 12 nitrogen and oxygen atoms in total. The minimum absolute atomic E-state index is 0.0472. The molecule has 0 bridgehead atoms. The van der Waals surface area contributed by atoms with Crippen molar-refractivity contribution in [3.63, 3.8) is 0 Å². The monoisotopic (exact) mass is 818 g/mol. The van der Waals surface area contributed by atoms with Gasteiger partial charge < -0.3 is 28.4 Å². The van der Waals surface area contributed by atoms with E-state index in [1.807, 2.05) is 0 Å². The van der Waals surface area contributed by atoms with Crippen LogP contribution in [0, 0.1) is 23.7 Å². The predicted octanol–water partition coefficient (Wildman–Crippen LogP) is 8.77. The van der Waals surface area contributed by atoms with Crippen LogP contribution in [0.15, 0.2) is 139 Å². The number of benzene rings is 4. The highest BCUT2D eigenvalue weighted by atomic mass is 16.7. The van der Waals surface area contributed by atoms with E-state index in [1.165, 1.54) is 57.2 Å². The van der Waals surface area contributed by atoms with Crippen molar-refractivity contribution in [2.45, 2.75) is 34.6 Å². The molecule has 0 amide bonds. The van der Waals surface area contributed by atoms with Crippen molar-refractivity contribution < 1.29 is 57.2 Å². The molecule has 0 heterocycles. The number of ether oxygens (including phenoxy) is 6. The number of rotatable bonds is 11. The highest BCUT2D eigenvalue weighted by Gasteiger charge is 2.21. The van der Waals surface area contributed by atoms with Gasteiger partial charge in [-0.25, -0.2) is 28.8 Å². The fourth-order valence-electron chi connectivity index (χ4n) is 4.47. The van der Waals surface area contributed by atoms with Crippen LogP contribution in [0.4, 0.5) is 4.79 Å². The molecule has 306 valence electrons.